The van der Waals surface area contributed by atoms with Gasteiger partial charge in [0.25, 0.3) is 0 Å². The molecular formula is C25H36O6. The lowest BCUT2D eigenvalue weighted by molar-refractivity contribution is 0.0697. The number of hydrogen-bond acceptors (Lipinski definition) is 6. The van der Waals surface area contributed by atoms with Crippen LogP contribution in [-0.4, -0.2) is 55.9 Å². The molecule has 0 aliphatic carbocycles. The van der Waals surface area contributed by atoms with Crippen molar-refractivity contribution < 1.29 is 28.4 Å². The van der Waals surface area contributed by atoms with Crippen molar-refractivity contribution in [3.05, 3.63) is 53.1 Å². The van der Waals surface area contributed by atoms with E-state index >= 15 is 0 Å². The zero-order chi connectivity index (χ0) is 22.6. The van der Waals surface area contributed by atoms with Crippen molar-refractivity contribution in [3.63, 3.8) is 0 Å². The Balaban J connectivity index is 2.25. The second kappa shape index (κ2) is 13.2. The van der Waals surface area contributed by atoms with Gasteiger partial charge in [0.05, 0.1) is 27.9 Å². The van der Waals surface area contributed by atoms with E-state index in [0.29, 0.717) is 19.8 Å². The average molecular weight is 433 g/mol. The normalized spacial score (nSPS) is 13.0. The van der Waals surface area contributed by atoms with Gasteiger partial charge in [-0.2, -0.15) is 0 Å². The van der Waals surface area contributed by atoms with Gasteiger partial charge in [-0.3, -0.25) is 0 Å². The van der Waals surface area contributed by atoms with E-state index in [4.69, 9.17) is 28.4 Å². The van der Waals surface area contributed by atoms with Crippen molar-refractivity contribution >= 4 is 0 Å². The average Bonchev–Trinajstić information content (AvgIpc) is 2.79. The molecule has 0 aliphatic heterocycles. The summed E-state index contributed by atoms with van der Waals surface area (Å²) in [6, 6.07) is 12.3. The van der Waals surface area contributed by atoms with E-state index in [1.54, 1.807) is 42.7 Å². The Labute approximate surface area is 186 Å². The first kappa shape index (κ1) is 25.0. The van der Waals surface area contributed by atoms with Crippen LogP contribution in [0.5, 0.6) is 17.2 Å². The minimum atomic E-state index is 0.274. The molecule has 0 aliphatic rings. The fourth-order valence-corrected chi connectivity index (χ4v) is 3.99. The second-order valence-electron chi connectivity index (χ2n) is 7.61. The SMILES string of the molecule is COCc1cc(CC(COC)[C@H](COC)Cc2ccc(OC)c(OC)c2)ccc1OC. The maximum Gasteiger partial charge on any atom is 0.160 e. The third kappa shape index (κ3) is 7.13. The van der Waals surface area contributed by atoms with Crippen molar-refractivity contribution in [2.45, 2.75) is 19.4 Å². The lowest BCUT2D eigenvalue weighted by Gasteiger charge is -2.27. The molecule has 2 aromatic rings. The summed E-state index contributed by atoms with van der Waals surface area (Å²) < 4.78 is 32.8. The fourth-order valence-electron chi connectivity index (χ4n) is 3.99. The molecule has 2 rings (SSSR count). The third-order valence-electron chi connectivity index (χ3n) is 5.52. The van der Waals surface area contributed by atoms with Gasteiger partial charge >= 0.3 is 0 Å². The molecule has 0 fully saturated rings. The minimum Gasteiger partial charge on any atom is -0.496 e. The van der Waals surface area contributed by atoms with Crippen molar-refractivity contribution in [2.75, 3.05) is 55.9 Å². The van der Waals surface area contributed by atoms with E-state index < -0.39 is 0 Å². The first-order chi connectivity index (χ1) is 15.1. The predicted molar refractivity (Wildman–Crippen MR) is 121 cm³/mol. The molecule has 0 saturated heterocycles. The molecule has 2 atom stereocenters. The van der Waals surface area contributed by atoms with Gasteiger partial charge in [-0.05, 0) is 60.1 Å². The van der Waals surface area contributed by atoms with E-state index in [-0.39, 0.29) is 11.8 Å². The topological polar surface area (TPSA) is 55.4 Å². The van der Waals surface area contributed by atoms with E-state index in [1.807, 2.05) is 18.2 Å². The maximum atomic E-state index is 5.60. The summed E-state index contributed by atoms with van der Waals surface area (Å²) in [6.45, 7) is 1.80. The first-order valence-corrected chi connectivity index (χ1v) is 10.4. The van der Waals surface area contributed by atoms with Crippen LogP contribution in [0.1, 0.15) is 16.7 Å². The Hall–Kier alpha value is -2.28. The van der Waals surface area contributed by atoms with Crippen LogP contribution in [0.3, 0.4) is 0 Å². The van der Waals surface area contributed by atoms with Crippen LogP contribution in [0.2, 0.25) is 0 Å². The minimum absolute atomic E-state index is 0.274. The first-order valence-electron chi connectivity index (χ1n) is 10.4. The molecule has 1 unspecified atom stereocenters. The highest BCUT2D eigenvalue weighted by Gasteiger charge is 2.24. The number of benzene rings is 2. The van der Waals surface area contributed by atoms with Crippen LogP contribution in [0, 0.1) is 11.8 Å². The number of ether oxygens (including phenoxy) is 6. The largest absolute Gasteiger partial charge is 0.496 e. The molecule has 6 nitrogen and oxygen atoms in total. The monoisotopic (exact) mass is 432 g/mol. The van der Waals surface area contributed by atoms with Crippen LogP contribution >= 0.6 is 0 Å². The van der Waals surface area contributed by atoms with E-state index in [1.165, 1.54) is 11.1 Å². The van der Waals surface area contributed by atoms with E-state index in [0.717, 1.165) is 35.7 Å². The molecule has 0 amide bonds. The van der Waals surface area contributed by atoms with Gasteiger partial charge in [0, 0.05) is 40.1 Å². The lowest BCUT2D eigenvalue weighted by Crippen LogP contribution is -2.27. The number of methoxy groups -OCH3 is 6. The summed E-state index contributed by atoms with van der Waals surface area (Å²) in [6.07, 6.45) is 1.72. The standard InChI is InChI=1S/C25H36O6/c1-26-15-20(11-18-7-9-23(29-4)22(13-18)17-28-3)21(16-27-2)12-19-8-10-24(30-5)25(14-19)31-6/h7-10,13-14,20-21H,11-12,15-17H2,1-6H3/t20?,21-/m0/s1. The molecule has 172 valence electrons. The molecular weight excluding hydrogens is 396 g/mol. The summed E-state index contributed by atoms with van der Waals surface area (Å²) in [4.78, 5) is 0. The Kier molecular flexibility index (Phi) is 10.6. The predicted octanol–water partition coefficient (Wildman–Crippen LogP) is 4.17. The van der Waals surface area contributed by atoms with Gasteiger partial charge in [-0.15, -0.1) is 0 Å². The molecule has 0 bridgehead atoms. The van der Waals surface area contributed by atoms with Gasteiger partial charge in [0.2, 0.25) is 0 Å². The summed E-state index contributed by atoms with van der Waals surface area (Å²) in [5.74, 6) is 2.86. The van der Waals surface area contributed by atoms with Gasteiger partial charge < -0.3 is 28.4 Å². The Morgan fingerprint density at radius 2 is 1.10 bits per heavy atom. The zero-order valence-corrected chi connectivity index (χ0v) is 19.6. The molecule has 0 N–H and O–H groups in total. The van der Waals surface area contributed by atoms with Gasteiger partial charge in [0.1, 0.15) is 5.75 Å². The van der Waals surface area contributed by atoms with Crippen molar-refractivity contribution in [3.8, 4) is 17.2 Å². The Morgan fingerprint density at radius 3 is 1.58 bits per heavy atom. The maximum absolute atomic E-state index is 5.60. The number of rotatable bonds is 14. The smallest absolute Gasteiger partial charge is 0.160 e. The molecule has 2 aromatic carbocycles. The van der Waals surface area contributed by atoms with Gasteiger partial charge in [-0.25, -0.2) is 0 Å². The van der Waals surface area contributed by atoms with Crippen LogP contribution in [-0.2, 0) is 33.7 Å². The van der Waals surface area contributed by atoms with Crippen LogP contribution < -0.4 is 14.2 Å². The van der Waals surface area contributed by atoms with E-state index in [2.05, 4.69) is 18.2 Å². The Morgan fingerprint density at radius 1 is 0.581 bits per heavy atom. The third-order valence-corrected chi connectivity index (χ3v) is 5.52. The fraction of sp³-hybridized carbons (Fsp3) is 0.520. The molecule has 0 spiro atoms. The van der Waals surface area contributed by atoms with Crippen molar-refractivity contribution in [1.29, 1.82) is 0 Å². The molecule has 0 heterocycles. The molecule has 0 saturated carbocycles. The summed E-state index contributed by atoms with van der Waals surface area (Å²) in [7, 11) is 10.2. The zero-order valence-electron chi connectivity index (χ0n) is 19.6. The van der Waals surface area contributed by atoms with Crippen LogP contribution in [0.25, 0.3) is 0 Å². The quantitative estimate of drug-likeness (QED) is 0.447. The van der Waals surface area contributed by atoms with Crippen LogP contribution in [0.15, 0.2) is 36.4 Å². The second-order valence-corrected chi connectivity index (χ2v) is 7.61. The summed E-state index contributed by atoms with van der Waals surface area (Å²) in [5, 5.41) is 0. The van der Waals surface area contributed by atoms with Crippen LogP contribution in [0.4, 0.5) is 0 Å². The van der Waals surface area contributed by atoms with Gasteiger partial charge in [-0.1, -0.05) is 12.1 Å². The summed E-state index contributed by atoms with van der Waals surface area (Å²) >= 11 is 0. The highest BCUT2D eigenvalue weighted by atomic mass is 16.5. The molecule has 0 aromatic heterocycles. The number of hydrogen-bond donors (Lipinski definition) is 0. The lowest BCUT2D eigenvalue weighted by atomic mass is 9.83. The molecule has 31 heavy (non-hydrogen) atoms. The van der Waals surface area contributed by atoms with E-state index in [9.17, 15) is 0 Å². The highest BCUT2D eigenvalue weighted by Crippen LogP contribution is 2.31. The molecule has 6 heteroatoms. The van der Waals surface area contributed by atoms with Crippen molar-refractivity contribution in [2.24, 2.45) is 11.8 Å². The molecule has 0 radical (unpaired) electrons. The highest BCUT2D eigenvalue weighted by molar-refractivity contribution is 5.43. The summed E-state index contributed by atoms with van der Waals surface area (Å²) in [5.41, 5.74) is 3.45. The Bertz CT molecular complexity index is 792. The van der Waals surface area contributed by atoms with Crippen molar-refractivity contribution in [1.82, 2.24) is 0 Å². The van der Waals surface area contributed by atoms with Gasteiger partial charge in [0.15, 0.2) is 11.5 Å².